The number of rotatable bonds is 3. The molecule has 1 aromatic heterocycles. The van der Waals surface area contributed by atoms with Crippen LogP contribution in [0.3, 0.4) is 0 Å². The molecule has 132 valence electrons. The van der Waals surface area contributed by atoms with Crippen LogP contribution >= 0.6 is 11.6 Å². The van der Waals surface area contributed by atoms with Gasteiger partial charge in [0.05, 0.1) is 30.3 Å². The average Bonchev–Trinajstić information content (AvgIpc) is 2.77. The summed E-state index contributed by atoms with van der Waals surface area (Å²) >= 11 is 6.06. The lowest BCUT2D eigenvalue weighted by molar-refractivity contribution is -0.115. The van der Waals surface area contributed by atoms with Crippen LogP contribution in [0, 0.1) is 11.3 Å². The monoisotopic (exact) mass is 375 g/mol. The summed E-state index contributed by atoms with van der Waals surface area (Å²) in [6, 6.07) is 15.0. The molecule has 7 heteroatoms. The molecule has 0 saturated carbocycles. The number of nitrogens with zero attached hydrogens (tertiary/aromatic N) is 3. The third-order valence-corrected chi connectivity index (χ3v) is 4.43. The minimum absolute atomic E-state index is 0.134. The number of carbonyl (C=O) groups is 1. The number of hydrogen-bond acceptors (Lipinski definition) is 5. The molecule has 6 nitrogen and oxygen atoms in total. The van der Waals surface area contributed by atoms with Crippen molar-refractivity contribution >= 4 is 34.8 Å². The number of aromatic nitrogens is 2. The molecule has 2 N–H and O–H groups in total. The van der Waals surface area contributed by atoms with Crippen LogP contribution in [0.5, 0.6) is 0 Å². The molecular weight excluding hydrogens is 362 g/mol. The summed E-state index contributed by atoms with van der Waals surface area (Å²) in [5.74, 6) is 0.281. The molecule has 0 saturated heterocycles. The molecule has 0 unspecified atom stereocenters. The van der Waals surface area contributed by atoms with Crippen molar-refractivity contribution in [1.29, 1.82) is 5.26 Å². The van der Waals surface area contributed by atoms with Crippen molar-refractivity contribution in [3.8, 4) is 17.3 Å². The average molecular weight is 376 g/mol. The van der Waals surface area contributed by atoms with Crippen LogP contribution in [0.1, 0.15) is 11.1 Å². The van der Waals surface area contributed by atoms with Gasteiger partial charge in [-0.05, 0) is 35.9 Å². The molecule has 0 atom stereocenters. The zero-order valence-corrected chi connectivity index (χ0v) is 14.9. The first-order valence-corrected chi connectivity index (χ1v) is 8.69. The lowest BCUT2D eigenvalue weighted by atomic mass is 10.1. The molecule has 1 amide bonds. The molecule has 0 radical (unpaired) electrons. The third-order valence-electron chi connectivity index (χ3n) is 4.19. The molecule has 3 aromatic rings. The fourth-order valence-corrected chi connectivity index (χ4v) is 3.17. The van der Waals surface area contributed by atoms with Crippen LogP contribution in [0.25, 0.3) is 11.3 Å². The van der Waals surface area contributed by atoms with Gasteiger partial charge in [-0.2, -0.15) is 5.26 Å². The summed E-state index contributed by atoms with van der Waals surface area (Å²) in [5, 5.41) is 15.4. The van der Waals surface area contributed by atoms with Gasteiger partial charge >= 0.3 is 0 Å². The molecular formula is C20H14ClN5O. The summed E-state index contributed by atoms with van der Waals surface area (Å²) in [5.41, 5.74) is 4.56. The Bertz CT molecular complexity index is 1090. The number of carbonyl (C=O) groups excluding carboxylic acids is 1. The van der Waals surface area contributed by atoms with Crippen LogP contribution in [0.2, 0.25) is 5.02 Å². The molecule has 2 aromatic carbocycles. The molecule has 1 aliphatic rings. The van der Waals surface area contributed by atoms with Gasteiger partial charge in [-0.1, -0.05) is 23.7 Å². The van der Waals surface area contributed by atoms with Crippen molar-refractivity contribution in [1.82, 2.24) is 9.97 Å². The maximum absolute atomic E-state index is 12.1. The zero-order valence-electron chi connectivity index (χ0n) is 14.2. The summed E-state index contributed by atoms with van der Waals surface area (Å²) in [6.07, 6.45) is 2.19. The molecule has 4 rings (SSSR count). The van der Waals surface area contributed by atoms with Crippen LogP contribution in [-0.4, -0.2) is 15.9 Å². The van der Waals surface area contributed by atoms with E-state index >= 15 is 0 Å². The Hall–Kier alpha value is -3.43. The van der Waals surface area contributed by atoms with E-state index in [0.29, 0.717) is 28.8 Å². The molecule has 2 heterocycles. The van der Waals surface area contributed by atoms with Crippen molar-refractivity contribution in [3.05, 3.63) is 64.8 Å². The number of amides is 1. The third kappa shape index (κ3) is 3.59. The van der Waals surface area contributed by atoms with Gasteiger partial charge < -0.3 is 10.6 Å². The van der Waals surface area contributed by atoms with Gasteiger partial charge in [0, 0.05) is 28.0 Å². The Morgan fingerprint density at radius 3 is 3.00 bits per heavy atom. The second-order valence-electron chi connectivity index (χ2n) is 6.14. The molecule has 1 aliphatic heterocycles. The molecule has 0 bridgehead atoms. The van der Waals surface area contributed by atoms with Crippen LogP contribution < -0.4 is 10.6 Å². The van der Waals surface area contributed by atoms with Gasteiger partial charge in [0.25, 0.3) is 0 Å². The maximum Gasteiger partial charge on any atom is 0.228 e. The van der Waals surface area contributed by atoms with Gasteiger partial charge in [-0.25, -0.2) is 9.97 Å². The van der Waals surface area contributed by atoms with E-state index in [-0.39, 0.29) is 12.3 Å². The topological polar surface area (TPSA) is 90.7 Å². The smallest absolute Gasteiger partial charge is 0.228 e. The standard InChI is InChI=1S/C20H14ClN5O/c21-14-4-5-16-17(10-14)25-18(27)9-13-11-23-20(26-19(13)16)24-15-3-1-2-12(8-15)6-7-22/h1-5,8,10-11H,6,9H2,(H,25,27)(H,23,24,26). The number of nitriles is 1. The Kier molecular flexibility index (Phi) is 4.45. The second-order valence-corrected chi connectivity index (χ2v) is 6.58. The normalized spacial score (nSPS) is 12.2. The summed E-state index contributed by atoms with van der Waals surface area (Å²) in [6.45, 7) is 0. The first-order chi connectivity index (χ1) is 13.1. The number of hydrogen-bond donors (Lipinski definition) is 2. The van der Waals surface area contributed by atoms with E-state index in [1.165, 1.54) is 0 Å². The Morgan fingerprint density at radius 2 is 2.15 bits per heavy atom. The molecule has 0 spiro atoms. The van der Waals surface area contributed by atoms with Crippen LogP contribution in [0.4, 0.5) is 17.3 Å². The minimum Gasteiger partial charge on any atom is -0.325 e. The fourth-order valence-electron chi connectivity index (χ4n) is 3.00. The Balaban J connectivity index is 1.73. The van der Waals surface area contributed by atoms with E-state index in [9.17, 15) is 4.79 Å². The van der Waals surface area contributed by atoms with E-state index in [2.05, 4.69) is 26.7 Å². The van der Waals surface area contributed by atoms with Gasteiger partial charge in [0.15, 0.2) is 0 Å². The van der Waals surface area contributed by atoms with Crippen molar-refractivity contribution < 1.29 is 4.79 Å². The first-order valence-electron chi connectivity index (χ1n) is 8.31. The van der Waals surface area contributed by atoms with Crippen molar-refractivity contribution in [2.45, 2.75) is 12.8 Å². The van der Waals surface area contributed by atoms with E-state index in [0.717, 1.165) is 22.4 Å². The highest BCUT2D eigenvalue weighted by molar-refractivity contribution is 6.31. The predicted molar refractivity (Wildman–Crippen MR) is 104 cm³/mol. The Labute approximate surface area is 160 Å². The summed E-state index contributed by atoms with van der Waals surface area (Å²) in [7, 11) is 0. The van der Waals surface area contributed by atoms with Gasteiger partial charge in [-0.15, -0.1) is 0 Å². The van der Waals surface area contributed by atoms with Crippen molar-refractivity contribution in [2.75, 3.05) is 10.6 Å². The molecule has 27 heavy (non-hydrogen) atoms. The van der Waals surface area contributed by atoms with Crippen molar-refractivity contribution in [2.24, 2.45) is 0 Å². The number of benzene rings is 2. The highest BCUT2D eigenvalue weighted by Gasteiger charge is 2.21. The van der Waals surface area contributed by atoms with Gasteiger partial charge in [0.2, 0.25) is 11.9 Å². The predicted octanol–water partition coefficient (Wildman–Crippen LogP) is 4.10. The Morgan fingerprint density at radius 1 is 1.26 bits per heavy atom. The quantitative estimate of drug-likeness (QED) is 0.719. The highest BCUT2D eigenvalue weighted by atomic mass is 35.5. The maximum atomic E-state index is 12.1. The van der Waals surface area contributed by atoms with E-state index in [4.69, 9.17) is 16.9 Å². The number of nitrogens with one attached hydrogen (secondary N) is 2. The summed E-state index contributed by atoms with van der Waals surface area (Å²) < 4.78 is 0. The SMILES string of the molecule is N#CCc1cccc(Nc2ncc3c(n2)-c2ccc(Cl)cc2NC(=O)C3)c1. The van der Waals surface area contributed by atoms with Crippen molar-refractivity contribution in [3.63, 3.8) is 0 Å². The van der Waals surface area contributed by atoms with Gasteiger partial charge in [0.1, 0.15) is 0 Å². The first kappa shape index (κ1) is 17.0. The largest absolute Gasteiger partial charge is 0.325 e. The minimum atomic E-state index is -0.134. The number of anilines is 3. The van der Waals surface area contributed by atoms with E-state index in [1.54, 1.807) is 18.3 Å². The van der Waals surface area contributed by atoms with Gasteiger partial charge in [-0.3, -0.25) is 4.79 Å². The van der Waals surface area contributed by atoms with E-state index < -0.39 is 0 Å². The summed E-state index contributed by atoms with van der Waals surface area (Å²) in [4.78, 5) is 21.1. The molecule has 0 aliphatic carbocycles. The lowest BCUT2D eigenvalue weighted by Gasteiger charge is -2.11. The highest BCUT2D eigenvalue weighted by Crippen LogP contribution is 2.34. The molecule has 0 fully saturated rings. The second kappa shape index (κ2) is 7.06. The fraction of sp³-hybridized carbons (Fsp3) is 0.100. The number of fused-ring (bicyclic) bond motifs is 3. The zero-order chi connectivity index (χ0) is 18.8. The number of halogens is 1. The van der Waals surface area contributed by atoms with Crippen LogP contribution in [-0.2, 0) is 17.6 Å². The van der Waals surface area contributed by atoms with Crippen LogP contribution in [0.15, 0.2) is 48.7 Å². The van der Waals surface area contributed by atoms with E-state index in [1.807, 2.05) is 30.3 Å². The lowest BCUT2D eigenvalue weighted by Crippen LogP contribution is -2.12.